The number of aliphatic imine (C=N–C) groups is 1. The van der Waals surface area contributed by atoms with Crippen LogP contribution in [-0.2, 0) is 12.8 Å². The summed E-state index contributed by atoms with van der Waals surface area (Å²) in [5.41, 5.74) is 1.09. The molecule has 0 amide bonds. The maximum absolute atomic E-state index is 4.30. The first-order valence-corrected chi connectivity index (χ1v) is 7.63. The Morgan fingerprint density at radius 3 is 2.65 bits per heavy atom. The van der Waals surface area contributed by atoms with Gasteiger partial charge in [-0.1, -0.05) is 12.1 Å². The Kier molecular flexibility index (Phi) is 6.05. The van der Waals surface area contributed by atoms with E-state index in [-0.39, 0.29) is 0 Å². The van der Waals surface area contributed by atoms with Crippen molar-refractivity contribution in [2.45, 2.75) is 12.8 Å². The normalized spacial score (nSPS) is 11.3. The zero-order chi connectivity index (χ0) is 14.0. The number of nitrogens with zero attached hydrogens (tertiary/aromatic N) is 2. The zero-order valence-electron chi connectivity index (χ0n) is 11.7. The van der Waals surface area contributed by atoms with Crippen LogP contribution < -0.4 is 10.6 Å². The van der Waals surface area contributed by atoms with E-state index >= 15 is 0 Å². The van der Waals surface area contributed by atoms with Crippen LogP contribution in [0.25, 0.3) is 0 Å². The van der Waals surface area contributed by atoms with Crippen molar-refractivity contribution in [1.82, 2.24) is 15.6 Å². The first-order chi connectivity index (χ1) is 9.88. The molecule has 0 atom stereocenters. The van der Waals surface area contributed by atoms with Crippen molar-refractivity contribution in [1.29, 1.82) is 0 Å². The third-order valence-corrected chi connectivity index (χ3v) is 3.80. The van der Waals surface area contributed by atoms with Gasteiger partial charge in [-0.2, -0.15) is 0 Å². The Balaban J connectivity index is 1.65. The molecular formula is C15H20N4S. The highest BCUT2D eigenvalue weighted by Gasteiger charge is 1.99. The van der Waals surface area contributed by atoms with E-state index < -0.39 is 0 Å². The number of hydrogen-bond donors (Lipinski definition) is 2. The van der Waals surface area contributed by atoms with Gasteiger partial charge in [-0.05, 0) is 30.0 Å². The molecule has 106 valence electrons. The minimum absolute atomic E-state index is 0.829. The topological polar surface area (TPSA) is 49.3 Å². The summed E-state index contributed by atoms with van der Waals surface area (Å²) in [6, 6.07) is 10.2. The van der Waals surface area contributed by atoms with E-state index in [1.165, 1.54) is 4.88 Å². The summed E-state index contributed by atoms with van der Waals surface area (Å²) in [5.74, 6) is 0.845. The zero-order valence-corrected chi connectivity index (χ0v) is 12.5. The first kappa shape index (κ1) is 14.5. The second-order valence-corrected chi connectivity index (χ2v) is 5.36. The molecule has 0 aliphatic carbocycles. The van der Waals surface area contributed by atoms with Crippen molar-refractivity contribution in [2.75, 3.05) is 20.1 Å². The van der Waals surface area contributed by atoms with Crippen LogP contribution in [0, 0.1) is 0 Å². The molecule has 0 aliphatic rings. The second-order valence-electron chi connectivity index (χ2n) is 4.33. The highest BCUT2D eigenvalue weighted by molar-refractivity contribution is 7.09. The van der Waals surface area contributed by atoms with Crippen molar-refractivity contribution in [2.24, 2.45) is 4.99 Å². The Hall–Kier alpha value is -1.88. The van der Waals surface area contributed by atoms with E-state index in [2.05, 4.69) is 38.1 Å². The number of hydrogen-bond acceptors (Lipinski definition) is 3. The Labute approximate surface area is 124 Å². The van der Waals surface area contributed by atoms with E-state index in [1.54, 1.807) is 18.4 Å². The lowest BCUT2D eigenvalue weighted by molar-refractivity contribution is 0.779. The standard InChI is InChI=1S/C15H20N4S/c1-16-15(19-11-8-14-6-4-12-20-14)18-10-7-13-5-2-3-9-17-13/h2-6,9,12H,7-8,10-11H2,1H3,(H2,16,18,19). The highest BCUT2D eigenvalue weighted by Crippen LogP contribution is 2.07. The van der Waals surface area contributed by atoms with Gasteiger partial charge < -0.3 is 10.6 Å². The fourth-order valence-corrected chi connectivity index (χ4v) is 2.54. The van der Waals surface area contributed by atoms with Crippen molar-refractivity contribution in [3.8, 4) is 0 Å². The predicted octanol–water partition coefficient (Wildman–Crippen LogP) is 2.09. The summed E-state index contributed by atoms with van der Waals surface area (Å²) in [4.78, 5) is 9.90. The third kappa shape index (κ3) is 5.01. The molecular weight excluding hydrogens is 268 g/mol. The van der Waals surface area contributed by atoms with E-state index in [0.29, 0.717) is 0 Å². The molecule has 2 rings (SSSR count). The van der Waals surface area contributed by atoms with E-state index in [1.807, 2.05) is 24.4 Å². The van der Waals surface area contributed by atoms with Gasteiger partial charge >= 0.3 is 0 Å². The van der Waals surface area contributed by atoms with Crippen molar-refractivity contribution in [3.05, 3.63) is 52.5 Å². The average Bonchev–Trinajstić information content (AvgIpc) is 3.00. The van der Waals surface area contributed by atoms with Gasteiger partial charge in [-0.15, -0.1) is 11.3 Å². The molecule has 5 heteroatoms. The van der Waals surface area contributed by atoms with Crippen LogP contribution in [0.15, 0.2) is 46.9 Å². The lowest BCUT2D eigenvalue weighted by Gasteiger charge is -2.11. The fraction of sp³-hybridized carbons (Fsp3) is 0.333. The van der Waals surface area contributed by atoms with Gasteiger partial charge in [-0.25, -0.2) is 0 Å². The molecule has 20 heavy (non-hydrogen) atoms. The monoisotopic (exact) mass is 288 g/mol. The van der Waals surface area contributed by atoms with Gasteiger partial charge in [0, 0.05) is 43.3 Å². The molecule has 0 spiro atoms. The lowest BCUT2D eigenvalue weighted by atomic mass is 10.3. The van der Waals surface area contributed by atoms with Crippen LogP contribution >= 0.6 is 11.3 Å². The number of aromatic nitrogens is 1. The summed E-state index contributed by atoms with van der Waals surface area (Å²) in [6.45, 7) is 1.72. The minimum Gasteiger partial charge on any atom is -0.356 e. The maximum atomic E-state index is 4.30. The number of pyridine rings is 1. The Morgan fingerprint density at radius 2 is 2.00 bits per heavy atom. The van der Waals surface area contributed by atoms with Gasteiger partial charge in [-0.3, -0.25) is 9.98 Å². The summed E-state index contributed by atoms with van der Waals surface area (Å²) < 4.78 is 0. The average molecular weight is 288 g/mol. The van der Waals surface area contributed by atoms with Gasteiger partial charge in [0.2, 0.25) is 0 Å². The molecule has 0 aliphatic heterocycles. The number of nitrogens with one attached hydrogen (secondary N) is 2. The van der Waals surface area contributed by atoms with Crippen LogP contribution in [0.5, 0.6) is 0 Å². The highest BCUT2D eigenvalue weighted by atomic mass is 32.1. The smallest absolute Gasteiger partial charge is 0.191 e. The van der Waals surface area contributed by atoms with Gasteiger partial charge in [0.1, 0.15) is 0 Å². The number of thiophene rings is 1. The SMILES string of the molecule is CN=C(NCCc1ccccn1)NCCc1cccs1. The van der Waals surface area contributed by atoms with E-state index in [4.69, 9.17) is 0 Å². The van der Waals surface area contributed by atoms with Crippen molar-refractivity contribution < 1.29 is 0 Å². The van der Waals surface area contributed by atoms with Crippen LogP contribution in [0.2, 0.25) is 0 Å². The maximum Gasteiger partial charge on any atom is 0.191 e. The minimum atomic E-state index is 0.829. The molecule has 0 saturated heterocycles. The largest absolute Gasteiger partial charge is 0.356 e. The molecule has 0 aromatic carbocycles. The van der Waals surface area contributed by atoms with Crippen LogP contribution in [0.4, 0.5) is 0 Å². The molecule has 0 bridgehead atoms. The third-order valence-electron chi connectivity index (χ3n) is 2.87. The van der Waals surface area contributed by atoms with E-state index in [0.717, 1.165) is 37.6 Å². The molecule has 0 fully saturated rings. The molecule has 0 unspecified atom stereocenters. The van der Waals surface area contributed by atoms with Crippen LogP contribution in [0.1, 0.15) is 10.6 Å². The van der Waals surface area contributed by atoms with Crippen molar-refractivity contribution >= 4 is 17.3 Å². The molecule has 4 nitrogen and oxygen atoms in total. The quantitative estimate of drug-likeness (QED) is 0.632. The summed E-state index contributed by atoms with van der Waals surface area (Å²) >= 11 is 1.79. The second kappa shape index (κ2) is 8.32. The van der Waals surface area contributed by atoms with E-state index in [9.17, 15) is 0 Å². The summed E-state index contributed by atoms with van der Waals surface area (Å²) in [5, 5.41) is 8.73. The van der Waals surface area contributed by atoms with Crippen LogP contribution in [-0.4, -0.2) is 31.1 Å². The molecule has 0 saturated carbocycles. The van der Waals surface area contributed by atoms with Gasteiger partial charge in [0.25, 0.3) is 0 Å². The lowest BCUT2D eigenvalue weighted by Crippen LogP contribution is -2.39. The Morgan fingerprint density at radius 1 is 1.15 bits per heavy atom. The molecule has 2 aromatic rings. The van der Waals surface area contributed by atoms with Gasteiger partial charge in [0.05, 0.1) is 0 Å². The summed E-state index contributed by atoms with van der Waals surface area (Å²) in [7, 11) is 1.79. The predicted molar refractivity (Wildman–Crippen MR) is 85.3 cm³/mol. The molecule has 2 N–H and O–H groups in total. The van der Waals surface area contributed by atoms with Gasteiger partial charge in [0.15, 0.2) is 5.96 Å². The number of rotatable bonds is 6. The van der Waals surface area contributed by atoms with Crippen LogP contribution in [0.3, 0.4) is 0 Å². The molecule has 0 radical (unpaired) electrons. The Bertz CT molecular complexity index is 508. The van der Waals surface area contributed by atoms with Crippen molar-refractivity contribution in [3.63, 3.8) is 0 Å². The first-order valence-electron chi connectivity index (χ1n) is 6.75. The molecule has 2 heterocycles. The fourth-order valence-electron chi connectivity index (χ4n) is 1.83. The number of guanidine groups is 1. The summed E-state index contributed by atoms with van der Waals surface area (Å²) in [6.07, 6.45) is 3.74. The molecule has 2 aromatic heterocycles.